The molecule has 1 amide bonds. The van der Waals surface area contributed by atoms with E-state index in [-0.39, 0.29) is 18.5 Å². The highest BCUT2D eigenvalue weighted by atomic mass is 16.5. The number of hydrogen-bond donors (Lipinski definition) is 3. The normalized spacial score (nSPS) is 12.7. The van der Waals surface area contributed by atoms with Crippen molar-refractivity contribution < 1.29 is 24.5 Å². The lowest BCUT2D eigenvalue weighted by Gasteiger charge is -2.22. The lowest BCUT2D eigenvalue weighted by molar-refractivity contribution is -0.143. The van der Waals surface area contributed by atoms with Crippen LogP contribution in [-0.4, -0.2) is 47.4 Å². The van der Waals surface area contributed by atoms with Crippen LogP contribution in [0, 0.1) is 0 Å². The van der Waals surface area contributed by atoms with Crippen molar-refractivity contribution in [1.82, 2.24) is 5.32 Å². The van der Waals surface area contributed by atoms with E-state index in [1.54, 1.807) is 0 Å². The summed E-state index contributed by atoms with van der Waals surface area (Å²) in [4.78, 5) is 24.7. The Balaban J connectivity index is 3.36. The van der Waals surface area contributed by atoms with Gasteiger partial charge in [0.25, 0.3) is 0 Å². The Labute approximate surface area is 595 Å². The van der Waals surface area contributed by atoms with E-state index in [9.17, 15) is 19.8 Å². The Morgan fingerprint density at radius 3 is 0.821 bits per heavy atom. The fraction of sp³-hybridized carbons (Fsp3) is 0.888. The quantitative estimate of drug-likeness (QED) is 0.0320. The highest BCUT2D eigenvalue weighted by Crippen LogP contribution is 2.20. The van der Waals surface area contributed by atoms with Gasteiger partial charge in [0.1, 0.15) is 0 Å². The smallest absolute Gasteiger partial charge is 0.305 e. The van der Waals surface area contributed by atoms with Gasteiger partial charge in [-0.15, -0.1) is 0 Å². The maximum atomic E-state index is 12.6. The first-order valence-electron chi connectivity index (χ1n) is 43.4. The van der Waals surface area contributed by atoms with Crippen LogP contribution in [0.25, 0.3) is 0 Å². The Morgan fingerprint density at radius 1 is 0.295 bits per heavy atom. The lowest BCUT2D eigenvalue weighted by atomic mass is 10.0. The van der Waals surface area contributed by atoms with Gasteiger partial charge in [-0.25, -0.2) is 0 Å². The molecule has 0 saturated heterocycles. The average Bonchev–Trinajstić information content (AvgIpc) is 3.35. The summed E-state index contributed by atoms with van der Waals surface area (Å²) in [5.74, 6) is -0.0112. The number of ether oxygens (including phenoxy) is 1. The van der Waals surface area contributed by atoms with E-state index in [0.29, 0.717) is 25.9 Å². The highest BCUT2D eigenvalue weighted by Gasteiger charge is 2.20. The summed E-state index contributed by atoms with van der Waals surface area (Å²) < 4.78 is 5.52. The number of carbonyl (C=O) groups excluding carboxylic acids is 2. The maximum absolute atomic E-state index is 12.6. The molecule has 0 heterocycles. The fourth-order valence-electron chi connectivity index (χ4n) is 13.8. The second kappa shape index (κ2) is 84.2. The van der Waals surface area contributed by atoms with E-state index in [2.05, 4.69) is 67.8 Å². The van der Waals surface area contributed by atoms with Gasteiger partial charge in [0, 0.05) is 12.8 Å². The molecule has 6 heteroatoms. The second-order valence-corrected chi connectivity index (χ2v) is 29.9. The average molecular weight is 1330 g/mol. The molecule has 95 heavy (non-hydrogen) atoms. The van der Waals surface area contributed by atoms with Crippen LogP contribution in [0.4, 0.5) is 0 Å². The number of rotatable bonds is 82. The third-order valence-corrected chi connectivity index (χ3v) is 20.4. The van der Waals surface area contributed by atoms with Gasteiger partial charge >= 0.3 is 5.97 Å². The van der Waals surface area contributed by atoms with E-state index in [4.69, 9.17) is 4.74 Å². The van der Waals surface area contributed by atoms with Crippen molar-refractivity contribution in [2.24, 2.45) is 0 Å². The number of aliphatic hydroxyl groups is 2. The van der Waals surface area contributed by atoms with Gasteiger partial charge in [0.05, 0.1) is 25.4 Å². The molecule has 0 aliphatic heterocycles. The Morgan fingerprint density at radius 2 is 0.526 bits per heavy atom. The van der Waals surface area contributed by atoms with E-state index in [1.807, 2.05) is 0 Å². The predicted octanol–water partition coefficient (Wildman–Crippen LogP) is 29.1. The van der Waals surface area contributed by atoms with Crippen LogP contribution in [0.1, 0.15) is 483 Å². The number of carbonyl (C=O) groups is 2. The monoisotopic (exact) mass is 1330 g/mol. The number of nitrogens with one attached hydrogen (secondary N) is 1. The predicted molar refractivity (Wildman–Crippen MR) is 421 cm³/mol. The lowest BCUT2D eigenvalue weighted by Crippen LogP contribution is -2.45. The van der Waals surface area contributed by atoms with Gasteiger partial charge in [-0.1, -0.05) is 428 Å². The van der Waals surface area contributed by atoms with Crippen LogP contribution in [-0.2, 0) is 14.3 Å². The zero-order valence-electron chi connectivity index (χ0n) is 64.4. The molecule has 0 spiro atoms. The molecule has 0 radical (unpaired) electrons. The third kappa shape index (κ3) is 80.7. The topological polar surface area (TPSA) is 95.9 Å². The molecule has 560 valence electrons. The largest absolute Gasteiger partial charge is 0.466 e. The van der Waals surface area contributed by atoms with E-state index in [1.165, 1.54) is 392 Å². The molecule has 6 nitrogen and oxygen atoms in total. The van der Waals surface area contributed by atoms with Crippen molar-refractivity contribution in [3.63, 3.8) is 0 Å². The van der Waals surface area contributed by atoms with Crippen molar-refractivity contribution in [3.05, 3.63) is 48.6 Å². The fourth-order valence-corrected chi connectivity index (χ4v) is 13.8. The summed E-state index contributed by atoms with van der Waals surface area (Å²) in [5.41, 5.74) is 0. The van der Waals surface area contributed by atoms with E-state index in [0.717, 1.165) is 57.8 Å². The Bertz CT molecular complexity index is 1590. The van der Waals surface area contributed by atoms with E-state index >= 15 is 0 Å². The summed E-state index contributed by atoms with van der Waals surface area (Å²) >= 11 is 0. The Hall–Kier alpha value is -2.18. The molecule has 2 unspecified atom stereocenters. The van der Waals surface area contributed by atoms with Crippen molar-refractivity contribution in [3.8, 4) is 0 Å². The number of aliphatic hydroxyl groups excluding tert-OH is 2. The van der Waals surface area contributed by atoms with Crippen molar-refractivity contribution in [2.75, 3.05) is 13.2 Å². The zero-order chi connectivity index (χ0) is 68.4. The first-order valence-corrected chi connectivity index (χ1v) is 43.4. The number of allylic oxidation sites excluding steroid dienone is 8. The van der Waals surface area contributed by atoms with Gasteiger partial charge in [0.2, 0.25) is 5.91 Å². The molecule has 0 fully saturated rings. The van der Waals surface area contributed by atoms with Crippen LogP contribution in [0.15, 0.2) is 48.6 Å². The maximum Gasteiger partial charge on any atom is 0.305 e. The van der Waals surface area contributed by atoms with Crippen LogP contribution < -0.4 is 5.32 Å². The highest BCUT2D eigenvalue weighted by molar-refractivity contribution is 5.76. The van der Waals surface area contributed by atoms with Crippen LogP contribution in [0.3, 0.4) is 0 Å². The van der Waals surface area contributed by atoms with Gasteiger partial charge in [-0.05, 0) is 89.9 Å². The zero-order valence-corrected chi connectivity index (χ0v) is 64.4. The van der Waals surface area contributed by atoms with Gasteiger partial charge < -0.3 is 20.3 Å². The minimum absolute atomic E-state index is 0.0157. The molecule has 2 atom stereocenters. The van der Waals surface area contributed by atoms with Crippen LogP contribution >= 0.6 is 0 Å². The summed E-state index contributed by atoms with van der Waals surface area (Å²) in [6, 6.07) is -0.541. The molecular formula is C89H169NO5. The standard InChI is InChI=1S/C89H169NO5/c1-3-5-7-9-11-13-15-17-19-21-23-24-42-46-49-53-57-61-65-69-73-77-81-87(92)86(85-91)90-88(93)82-78-74-70-66-62-58-54-50-47-43-40-38-36-34-32-30-28-26-25-27-29-31-33-35-37-39-41-44-48-52-56-60-64-68-72-76-80-84-95-89(94)83-79-75-71-67-63-59-55-51-45-22-20-18-16-14-12-10-8-6-4-2/h12,14,18,20,25,27,31,33,86-87,91-92H,3-11,13,15-17,19,21-24,26,28-30,32,34-85H2,1-2H3,(H,90,93)/b14-12-,20-18-,27-25-,33-31-. The molecule has 0 bridgehead atoms. The number of esters is 1. The molecule has 3 N–H and O–H groups in total. The molecule has 0 aliphatic carbocycles. The summed E-state index contributed by atoms with van der Waals surface area (Å²) in [7, 11) is 0. The molecule has 0 saturated carbocycles. The van der Waals surface area contributed by atoms with Crippen LogP contribution in [0.5, 0.6) is 0 Å². The van der Waals surface area contributed by atoms with Gasteiger partial charge in [0.15, 0.2) is 0 Å². The molecule has 0 aromatic carbocycles. The van der Waals surface area contributed by atoms with Gasteiger partial charge in [-0.3, -0.25) is 9.59 Å². The summed E-state index contributed by atoms with van der Waals surface area (Å²) in [6.45, 7) is 4.98. The van der Waals surface area contributed by atoms with Crippen molar-refractivity contribution >= 4 is 11.9 Å². The minimum atomic E-state index is -0.664. The van der Waals surface area contributed by atoms with Crippen molar-refractivity contribution in [2.45, 2.75) is 495 Å². The second-order valence-electron chi connectivity index (χ2n) is 29.9. The van der Waals surface area contributed by atoms with E-state index < -0.39 is 12.1 Å². The number of amides is 1. The first-order chi connectivity index (χ1) is 47.0. The molecule has 0 aliphatic rings. The third-order valence-electron chi connectivity index (χ3n) is 20.4. The first kappa shape index (κ1) is 92.8. The summed E-state index contributed by atoms with van der Waals surface area (Å²) in [5, 5.41) is 23.5. The molecule has 0 aromatic rings. The Kier molecular flexibility index (Phi) is 82.3. The molecule has 0 rings (SSSR count). The number of unbranched alkanes of at least 4 members (excludes halogenated alkanes) is 63. The summed E-state index contributed by atoms with van der Waals surface area (Å²) in [6.07, 6.45) is 112. The van der Waals surface area contributed by atoms with Crippen LogP contribution in [0.2, 0.25) is 0 Å². The molecular weight excluding hydrogens is 1160 g/mol. The van der Waals surface area contributed by atoms with Gasteiger partial charge in [-0.2, -0.15) is 0 Å². The SMILES string of the molecule is CCCCC/C=C\C/C=C\CCCCCCCCCCCC(=O)OCCCCCCCCCCCCCCC/C=C\C/C=C\CCCCCCCCCCCCCCCCCCCC(=O)NC(CO)C(O)CCCCCCCCCCCCCCCCCCCCCCCC. The minimum Gasteiger partial charge on any atom is -0.466 e. The number of hydrogen-bond acceptors (Lipinski definition) is 5. The van der Waals surface area contributed by atoms with Crippen molar-refractivity contribution in [1.29, 1.82) is 0 Å². The molecule has 0 aromatic heterocycles.